The first kappa shape index (κ1) is 22.3. The highest BCUT2D eigenvalue weighted by Crippen LogP contribution is 2.65. The Bertz CT molecular complexity index is 1330. The summed E-state index contributed by atoms with van der Waals surface area (Å²) >= 11 is 0. The second-order valence-corrected chi connectivity index (χ2v) is 10.7. The zero-order valence-corrected chi connectivity index (χ0v) is 20.3. The SMILES string of the molecule is COc1ccc(N2C[C@H](C(=O)Oc3cccc(N4C(=O)[C@@H]5[C@H]6C=C[C@@H]([C@@H]7C[C@H]67)[C@H]5C4=O)c3)CC2=O)cc1. The summed E-state index contributed by atoms with van der Waals surface area (Å²) in [6, 6.07) is 13.7. The first-order chi connectivity index (χ1) is 17.9. The Morgan fingerprint density at radius 2 is 1.54 bits per heavy atom. The summed E-state index contributed by atoms with van der Waals surface area (Å²) in [5.41, 5.74) is 1.11. The van der Waals surface area contributed by atoms with Gasteiger partial charge in [0.15, 0.2) is 0 Å². The van der Waals surface area contributed by atoms with E-state index < -0.39 is 11.9 Å². The second kappa shape index (κ2) is 8.03. The molecule has 0 spiro atoms. The minimum atomic E-state index is -0.621. The molecule has 2 saturated carbocycles. The molecule has 0 radical (unpaired) electrons. The molecule has 2 aliphatic heterocycles. The Morgan fingerprint density at radius 1 is 0.865 bits per heavy atom. The molecule has 8 heteroatoms. The van der Waals surface area contributed by atoms with Gasteiger partial charge in [0, 0.05) is 24.7 Å². The predicted octanol–water partition coefficient (Wildman–Crippen LogP) is 3.21. The lowest BCUT2D eigenvalue weighted by Gasteiger charge is -2.37. The van der Waals surface area contributed by atoms with E-state index in [1.807, 2.05) is 0 Å². The van der Waals surface area contributed by atoms with Gasteiger partial charge in [-0.2, -0.15) is 0 Å². The molecular formula is C29H26N2O6. The van der Waals surface area contributed by atoms with Gasteiger partial charge in [-0.25, -0.2) is 4.90 Å². The Hall–Kier alpha value is -3.94. The van der Waals surface area contributed by atoms with Gasteiger partial charge in [0.05, 0.1) is 30.6 Å². The first-order valence-electron chi connectivity index (χ1n) is 12.8. The van der Waals surface area contributed by atoms with Crippen LogP contribution in [0, 0.1) is 41.4 Å². The van der Waals surface area contributed by atoms with Gasteiger partial charge < -0.3 is 14.4 Å². The summed E-state index contributed by atoms with van der Waals surface area (Å²) in [6.07, 6.45) is 5.45. The number of esters is 1. The maximum absolute atomic E-state index is 13.4. The van der Waals surface area contributed by atoms with Gasteiger partial charge in [-0.15, -0.1) is 0 Å². The van der Waals surface area contributed by atoms with Crippen molar-refractivity contribution in [3.8, 4) is 11.5 Å². The number of ether oxygens (including phenoxy) is 2. The van der Waals surface area contributed by atoms with Crippen molar-refractivity contribution in [3.05, 3.63) is 60.7 Å². The van der Waals surface area contributed by atoms with E-state index in [9.17, 15) is 19.2 Å². The van der Waals surface area contributed by atoms with Crippen molar-refractivity contribution < 1.29 is 28.7 Å². The number of anilines is 2. The van der Waals surface area contributed by atoms with E-state index in [2.05, 4.69) is 12.2 Å². The lowest BCUT2D eigenvalue weighted by molar-refractivity contribution is -0.139. The van der Waals surface area contributed by atoms with E-state index in [-0.39, 0.29) is 60.1 Å². The van der Waals surface area contributed by atoms with Crippen molar-refractivity contribution in [1.82, 2.24) is 0 Å². The van der Waals surface area contributed by atoms with Gasteiger partial charge in [-0.05, 0) is 66.5 Å². The van der Waals surface area contributed by atoms with Crippen molar-refractivity contribution in [1.29, 1.82) is 0 Å². The highest BCUT2D eigenvalue weighted by atomic mass is 16.5. The van der Waals surface area contributed by atoms with Crippen molar-refractivity contribution in [2.24, 2.45) is 41.4 Å². The van der Waals surface area contributed by atoms with Crippen LogP contribution in [0.1, 0.15) is 12.8 Å². The number of methoxy groups -OCH3 is 1. The molecule has 188 valence electrons. The molecule has 2 bridgehead atoms. The highest BCUT2D eigenvalue weighted by molar-refractivity contribution is 6.22. The van der Waals surface area contributed by atoms with Crippen LogP contribution in [0.25, 0.3) is 0 Å². The molecule has 2 saturated heterocycles. The van der Waals surface area contributed by atoms with Crippen LogP contribution >= 0.6 is 0 Å². The highest BCUT2D eigenvalue weighted by Gasteiger charge is 2.67. The molecule has 4 aliphatic carbocycles. The Balaban J connectivity index is 1.06. The monoisotopic (exact) mass is 498 g/mol. The number of benzene rings is 2. The van der Waals surface area contributed by atoms with Gasteiger partial charge >= 0.3 is 5.97 Å². The van der Waals surface area contributed by atoms with Crippen LogP contribution in [0.4, 0.5) is 11.4 Å². The van der Waals surface area contributed by atoms with E-state index in [1.54, 1.807) is 60.5 Å². The topological polar surface area (TPSA) is 93.2 Å². The molecular weight excluding hydrogens is 472 g/mol. The summed E-state index contributed by atoms with van der Waals surface area (Å²) < 4.78 is 10.8. The van der Waals surface area contributed by atoms with E-state index in [4.69, 9.17) is 9.47 Å². The number of rotatable bonds is 5. The van der Waals surface area contributed by atoms with Gasteiger partial charge in [-0.3, -0.25) is 19.2 Å². The lowest BCUT2D eigenvalue weighted by atomic mass is 9.63. The molecule has 6 aliphatic rings. The van der Waals surface area contributed by atoms with Gasteiger partial charge in [0.25, 0.3) is 0 Å². The number of imide groups is 1. The van der Waals surface area contributed by atoms with Crippen LogP contribution in [-0.2, 0) is 19.2 Å². The largest absolute Gasteiger partial charge is 0.497 e. The zero-order valence-electron chi connectivity index (χ0n) is 20.3. The molecule has 7 atom stereocenters. The van der Waals surface area contributed by atoms with Crippen LogP contribution in [0.5, 0.6) is 11.5 Å². The van der Waals surface area contributed by atoms with Gasteiger partial charge in [0.1, 0.15) is 11.5 Å². The molecule has 37 heavy (non-hydrogen) atoms. The van der Waals surface area contributed by atoms with E-state index in [1.165, 1.54) is 4.90 Å². The normalized spacial score (nSPS) is 33.0. The fourth-order valence-electron chi connectivity index (χ4n) is 6.97. The molecule has 8 nitrogen and oxygen atoms in total. The van der Waals surface area contributed by atoms with Crippen LogP contribution in [0.3, 0.4) is 0 Å². The summed E-state index contributed by atoms with van der Waals surface area (Å²) in [4.78, 5) is 55.2. The molecule has 4 fully saturated rings. The summed E-state index contributed by atoms with van der Waals surface area (Å²) in [5, 5.41) is 0. The summed E-state index contributed by atoms with van der Waals surface area (Å²) in [7, 11) is 1.57. The smallest absolute Gasteiger partial charge is 0.316 e. The van der Waals surface area contributed by atoms with Gasteiger partial charge in [-0.1, -0.05) is 18.2 Å². The molecule has 2 aromatic carbocycles. The first-order valence-corrected chi connectivity index (χ1v) is 12.8. The molecule has 2 heterocycles. The third-order valence-corrected chi connectivity index (χ3v) is 8.80. The minimum absolute atomic E-state index is 0.0507. The summed E-state index contributed by atoms with van der Waals surface area (Å²) in [6.45, 7) is 0.217. The molecule has 8 rings (SSSR count). The number of carbonyl (C=O) groups excluding carboxylic acids is 4. The number of nitrogens with zero attached hydrogens (tertiary/aromatic N) is 2. The number of carbonyl (C=O) groups is 4. The minimum Gasteiger partial charge on any atom is -0.497 e. The van der Waals surface area contributed by atoms with Crippen molar-refractivity contribution >= 4 is 35.1 Å². The fourth-order valence-corrected chi connectivity index (χ4v) is 6.97. The summed E-state index contributed by atoms with van der Waals surface area (Å²) in [5.74, 6) is 0.125. The second-order valence-electron chi connectivity index (χ2n) is 10.7. The average molecular weight is 499 g/mol. The number of allylic oxidation sites excluding steroid dienone is 2. The molecule has 0 aromatic heterocycles. The van der Waals surface area contributed by atoms with Crippen molar-refractivity contribution in [3.63, 3.8) is 0 Å². The Labute approximate surface area is 213 Å². The molecule has 0 N–H and O–H groups in total. The molecule has 2 aromatic rings. The maximum Gasteiger partial charge on any atom is 0.316 e. The van der Waals surface area contributed by atoms with Crippen molar-refractivity contribution in [2.45, 2.75) is 12.8 Å². The van der Waals surface area contributed by atoms with Crippen molar-refractivity contribution in [2.75, 3.05) is 23.5 Å². The average Bonchev–Trinajstić information content (AvgIpc) is 3.59. The quantitative estimate of drug-likeness (QED) is 0.272. The van der Waals surface area contributed by atoms with E-state index in [0.29, 0.717) is 29.0 Å². The van der Waals surface area contributed by atoms with Crippen LogP contribution in [-0.4, -0.2) is 37.3 Å². The van der Waals surface area contributed by atoms with Crippen LogP contribution in [0.2, 0.25) is 0 Å². The van der Waals surface area contributed by atoms with E-state index in [0.717, 1.165) is 6.42 Å². The predicted molar refractivity (Wildman–Crippen MR) is 133 cm³/mol. The maximum atomic E-state index is 13.4. The number of amides is 3. The number of hydrogen-bond acceptors (Lipinski definition) is 6. The fraction of sp³-hybridized carbons (Fsp3) is 0.379. The third-order valence-electron chi connectivity index (χ3n) is 8.80. The Morgan fingerprint density at radius 3 is 2.19 bits per heavy atom. The standard InChI is InChI=1S/C29H26N2O6/c1-36-18-7-5-16(6-8-18)30-14-15(11-24(30)32)29(35)37-19-4-2-3-17(12-19)31-27(33)25-20-9-10-21(23-13-22(20)23)26(25)28(31)34/h2-10,12,15,20-23,25-26H,11,13-14H2,1H3/t15-,20+,21+,22-,23+,25-,26-/m1/s1. The van der Waals surface area contributed by atoms with E-state index >= 15 is 0 Å². The van der Waals surface area contributed by atoms with Crippen LogP contribution in [0.15, 0.2) is 60.7 Å². The molecule has 3 amide bonds. The van der Waals surface area contributed by atoms with Gasteiger partial charge in [0.2, 0.25) is 17.7 Å². The third kappa shape index (κ3) is 3.35. The number of hydrogen-bond donors (Lipinski definition) is 0. The lowest BCUT2D eigenvalue weighted by Crippen LogP contribution is -2.40. The Kier molecular flexibility index (Phi) is 4.83. The molecule has 0 unspecified atom stereocenters. The zero-order chi connectivity index (χ0) is 25.4. The van der Waals surface area contributed by atoms with Crippen LogP contribution < -0.4 is 19.3 Å².